The van der Waals surface area contributed by atoms with E-state index in [-0.39, 0.29) is 24.7 Å². The number of halogens is 5. The minimum atomic E-state index is -4.76. The van der Waals surface area contributed by atoms with E-state index in [0.29, 0.717) is 17.8 Å². The number of anilines is 1. The molecule has 2 aromatic carbocycles. The number of likely N-dealkylation sites (N-methyl/N-ethyl adjacent to an activating group) is 1. The van der Waals surface area contributed by atoms with E-state index in [2.05, 4.69) is 0 Å². The van der Waals surface area contributed by atoms with E-state index in [9.17, 15) is 22.4 Å². The van der Waals surface area contributed by atoms with Gasteiger partial charge in [0.1, 0.15) is 11.5 Å². The maximum Gasteiger partial charge on any atom is 0.416 e. The first-order valence-corrected chi connectivity index (χ1v) is 9.87. The molecular weight excluding hydrogens is 458 g/mol. The molecule has 4 rings (SSSR count). The van der Waals surface area contributed by atoms with Crippen LogP contribution in [0.25, 0.3) is 0 Å². The van der Waals surface area contributed by atoms with Crippen molar-refractivity contribution >= 4 is 23.2 Å². The molecule has 0 radical (unpaired) electrons. The quantitative estimate of drug-likeness (QED) is 0.573. The van der Waals surface area contributed by atoms with Gasteiger partial charge in [-0.05, 0) is 38.1 Å². The number of alkyl halides is 3. The van der Waals surface area contributed by atoms with E-state index in [1.54, 1.807) is 14.0 Å². The third-order valence-electron chi connectivity index (χ3n) is 5.57. The maximum atomic E-state index is 14.3. The second-order valence-electron chi connectivity index (χ2n) is 7.64. The van der Waals surface area contributed by atoms with E-state index < -0.39 is 45.6 Å². The van der Waals surface area contributed by atoms with Gasteiger partial charge >= 0.3 is 6.18 Å². The molecule has 1 fully saturated rings. The van der Waals surface area contributed by atoms with Gasteiger partial charge in [0.15, 0.2) is 11.6 Å². The van der Waals surface area contributed by atoms with Crippen molar-refractivity contribution in [1.29, 1.82) is 0 Å². The molecule has 32 heavy (non-hydrogen) atoms. The Balaban J connectivity index is 1.68. The Morgan fingerprint density at radius 1 is 1.12 bits per heavy atom. The summed E-state index contributed by atoms with van der Waals surface area (Å²) in [5.74, 6) is -3.36. The van der Waals surface area contributed by atoms with Crippen molar-refractivity contribution in [3.05, 3.63) is 46.7 Å². The summed E-state index contributed by atoms with van der Waals surface area (Å²) in [6, 6.07) is 5.16. The van der Waals surface area contributed by atoms with Crippen molar-refractivity contribution in [3.63, 3.8) is 0 Å². The summed E-state index contributed by atoms with van der Waals surface area (Å²) in [6.45, 7) is 3.69. The van der Waals surface area contributed by atoms with Gasteiger partial charge in [-0.15, -0.1) is 0 Å². The molecule has 11 heteroatoms. The Labute approximate surface area is 185 Å². The first-order valence-electron chi connectivity index (χ1n) is 9.49. The van der Waals surface area contributed by atoms with Crippen LogP contribution in [0.3, 0.4) is 0 Å². The van der Waals surface area contributed by atoms with Gasteiger partial charge in [-0.25, -0.2) is 4.39 Å². The van der Waals surface area contributed by atoms with E-state index in [1.165, 1.54) is 30.0 Å². The lowest BCUT2D eigenvalue weighted by atomic mass is 9.92. The molecule has 2 aromatic rings. The Morgan fingerprint density at radius 3 is 2.38 bits per heavy atom. The highest BCUT2D eigenvalue weighted by Gasteiger charge is 2.60. The topological polar surface area (TPSA) is 57.2 Å². The minimum absolute atomic E-state index is 0.0350. The summed E-state index contributed by atoms with van der Waals surface area (Å²) in [5.41, 5.74) is -2.37. The van der Waals surface area contributed by atoms with Crippen molar-refractivity contribution in [2.75, 3.05) is 25.2 Å². The number of hydrogen-bond acceptors (Lipinski definition) is 5. The lowest BCUT2D eigenvalue weighted by Crippen LogP contribution is -2.65. The summed E-state index contributed by atoms with van der Waals surface area (Å²) in [6.07, 6.45) is -4.76. The monoisotopic (exact) mass is 475 g/mol. The molecular formula is C21H18ClF4NO5. The van der Waals surface area contributed by atoms with Crippen LogP contribution < -0.4 is 14.4 Å². The Bertz CT molecular complexity index is 1060. The van der Waals surface area contributed by atoms with Crippen LogP contribution in [-0.4, -0.2) is 37.6 Å². The zero-order valence-electron chi connectivity index (χ0n) is 17.2. The summed E-state index contributed by atoms with van der Waals surface area (Å²) < 4.78 is 75.6. The number of benzene rings is 2. The molecule has 0 saturated carbocycles. The predicted octanol–water partition coefficient (Wildman–Crippen LogP) is 5.17. The molecule has 0 bridgehead atoms. The van der Waals surface area contributed by atoms with Crippen molar-refractivity contribution in [2.45, 2.75) is 31.4 Å². The van der Waals surface area contributed by atoms with Crippen molar-refractivity contribution in [1.82, 2.24) is 0 Å². The van der Waals surface area contributed by atoms with Crippen LogP contribution in [0.15, 0.2) is 30.3 Å². The molecule has 6 nitrogen and oxygen atoms in total. The number of amides is 1. The molecule has 1 amide bonds. The van der Waals surface area contributed by atoms with Gasteiger partial charge in [0.25, 0.3) is 5.91 Å². The zero-order chi connectivity index (χ0) is 23.5. The number of hydrogen-bond donors (Lipinski definition) is 0. The Kier molecular flexibility index (Phi) is 5.30. The molecule has 1 unspecified atom stereocenters. The fourth-order valence-electron chi connectivity index (χ4n) is 3.63. The van der Waals surface area contributed by atoms with E-state index in [1.807, 2.05) is 0 Å². The third kappa shape index (κ3) is 3.56. The van der Waals surface area contributed by atoms with Gasteiger partial charge in [0.2, 0.25) is 11.4 Å². The Morgan fingerprint density at radius 2 is 1.78 bits per heavy atom. The second kappa shape index (κ2) is 7.50. The first-order chi connectivity index (χ1) is 14.9. The van der Waals surface area contributed by atoms with Crippen LogP contribution in [0.2, 0.25) is 5.02 Å². The highest BCUT2D eigenvalue weighted by molar-refractivity contribution is 6.32. The van der Waals surface area contributed by atoms with Crippen molar-refractivity contribution in [2.24, 2.45) is 0 Å². The highest BCUT2D eigenvalue weighted by Crippen LogP contribution is 2.46. The van der Waals surface area contributed by atoms with Gasteiger partial charge in [-0.3, -0.25) is 4.79 Å². The number of rotatable bonds is 3. The van der Waals surface area contributed by atoms with Crippen LogP contribution in [0.5, 0.6) is 17.2 Å². The van der Waals surface area contributed by atoms with E-state index >= 15 is 0 Å². The average molecular weight is 476 g/mol. The summed E-state index contributed by atoms with van der Waals surface area (Å²) in [5, 5.41) is -0.548. The molecule has 0 aromatic heterocycles. The predicted molar refractivity (Wildman–Crippen MR) is 106 cm³/mol. The first kappa shape index (κ1) is 22.6. The average Bonchev–Trinajstić information content (AvgIpc) is 3.16. The number of carbonyl (C=O) groups excluding carboxylic acids is 1. The van der Waals surface area contributed by atoms with E-state index in [0.717, 1.165) is 0 Å². The third-order valence-corrected chi connectivity index (χ3v) is 5.85. The zero-order valence-corrected chi connectivity index (χ0v) is 17.9. The summed E-state index contributed by atoms with van der Waals surface area (Å²) >= 11 is 5.84. The normalized spacial score (nSPS) is 22.5. The molecule has 0 N–H and O–H groups in total. The van der Waals surface area contributed by atoms with Crippen LogP contribution in [0, 0.1) is 5.82 Å². The van der Waals surface area contributed by atoms with Crippen LogP contribution in [-0.2, 0) is 20.4 Å². The maximum absolute atomic E-state index is 14.3. The standard InChI is InChI=1S/C21H18ClF4NO5/c1-19(20(2)29-6-7-30-20)18(28)27(3)15-5-4-12(10-16(15)32-19)31-17-13(22)8-11(9-14(17)23)21(24,25)26/h4-5,8-10H,6-7H2,1-3H3. The largest absolute Gasteiger partial charge is 0.470 e. The Hall–Kier alpha value is -2.56. The molecule has 172 valence electrons. The van der Waals surface area contributed by atoms with Gasteiger partial charge in [0.05, 0.1) is 29.5 Å². The van der Waals surface area contributed by atoms with Crippen LogP contribution in [0.4, 0.5) is 23.2 Å². The molecule has 1 atom stereocenters. The smallest absolute Gasteiger partial charge is 0.416 e. The number of nitrogens with zero attached hydrogens (tertiary/aromatic N) is 1. The van der Waals surface area contributed by atoms with E-state index in [4.69, 9.17) is 30.5 Å². The van der Waals surface area contributed by atoms with Gasteiger partial charge in [-0.2, -0.15) is 13.2 Å². The number of ether oxygens (including phenoxy) is 4. The lowest BCUT2D eigenvalue weighted by molar-refractivity contribution is -0.236. The minimum Gasteiger partial charge on any atom is -0.470 e. The van der Waals surface area contributed by atoms with Crippen molar-refractivity contribution in [3.8, 4) is 17.2 Å². The fourth-order valence-corrected chi connectivity index (χ4v) is 3.87. The molecule has 2 heterocycles. The molecule has 2 aliphatic rings. The number of fused-ring (bicyclic) bond motifs is 1. The van der Waals surface area contributed by atoms with Crippen LogP contribution in [0.1, 0.15) is 19.4 Å². The van der Waals surface area contributed by atoms with Crippen LogP contribution >= 0.6 is 11.6 Å². The van der Waals surface area contributed by atoms with Crippen molar-refractivity contribution < 1.29 is 41.3 Å². The fraction of sp³-hybridized carbons (Fsp3) is 0.381. The molecule has 0 spiro atoms. The van der Waals surface area contributed by atoms with Gasteiger partial charge < -0.3 is 23.8 Å². The SMILES string of the molecule is CN1C(=O)C(C)(C2(C)OCCO2)Oc2cc(Oc3c(F)cc(C(F)(F)F)cc3Cl)ccc21. The molecule has 2 aliphatic heterocycles. The van der Waals surface area contributed by atoms with Gasteiger partial charge in [0, 0.05) is 13.1 Å². The number of carbonyl (C=O) groups is 1. The van der Waals surface area contributed by atoms with Gasteiger partial charge in [-0.1, -0.05) is 11.6 Å². The molecule has 1 saturated heterocycles. The summed E-state index contributed by atoms with van der Waals surface area (Å²) in [7, 11) is 1.55. The lowest BCUT2D eigenvalue weighted by Gasteiger charge is -2.45. The molecule has 0 aliphatic carbocycles. The second-order valence-corrected chi connectivity index (χ2v) is 8.05. The highest BCUT2D eigenvalue weighted by atomic mass is 35.5. The summed E-state index contributed by atoms with van der Waals surface area (Å²) in [4.78, 5) is 14.4.